The van der Waals surface area contributed by atoms with Crippen LogP contribution in [0.25, 0.3) is 0 Å². The maximum absolute atomic E-state index is 11.6. The van der Waals surface area contributed by atoms with Crippen molar-refractivity contribution in [3.63, 3.8) is 0 Å². The van der Waals surface area contributed by atoms with Crippen molar-refractivity contribution >= 4 is 22.9 Å². The van der Waals surface area contributed by atoms with Crippen LogP contribution in [0.1, 0.15) is 20.7 Å². The minimum Gasteiger partial charge on any atom is -0.460 e. The van der Waals surface area contributed by atoms with E-state index < -0.39 is 22.9 Å². The van der Waals surface area contributed by atoms with Crippen molar-refractivity contribution in [2.75, 3.05) is 26.4 Å². The number of carbonyl (C=O) groups excluding carboxylic acids is 2. The minimum atomic E-state index is -2.86. The average Bonchev–Trinajstić information content (AvgIpc) is 2.49. The summed E-state index contributed by atoms with van der Waals surface area (Å²) in [6, 6.07) is 6.02. The zero-order chi connectivity index (χ0) is 17.0. The number of esters is 2. The Bertz CT molecular complexity index is 512. The van der Waals surface area contributed by atoms with Gasteiger partial charge in [0.15, 0.2) is 0 Å². The van der Waals surface area contributed by atoms with Crippen molar-refractivity contribution in [1.82, 2.24) is 0 Å². The first-order valence-electron chi connectivity index (χ1n) is 5.87. The van der Waals surface area contributed by atoms with Crippen molar-refractivity contribution in [2.24, 2.45) is 0 Å². The molecule has 3 N–H and O–H groups in total. The molecular formula is C12H15NaO9S. The molecule has 0 radical (unpaired) electrons. The van der Waals surface area contributed by atoms with E-state index in [4.69, 9.17) is 32.7 Å². The van der Waals surface area contributed by atoms with Crippen molar-refractivity contribution < 1.29 is 71.8 Å². The summed E-state index contributed by atoms with van der Waals surface area (Å²) in [5, 5.41) is 17.1. The Morgan fingerprint density at radius 2 is 1.22 bits per heavy atom. The summed E-state index contributed by atoms with van der Waals surface area (Å²) in [6.45, 7) is -0.858. The largest absolute Gasteiger partial charge is 1.00 e. The number of carbonyl (C=O) groups is 2. The molecule has 0 fully saturated rings. The molecule has 0 aliphatic carbocycles. The molecule has 1 aromatic carbocycles. The molecule has 11 heteroatoms. The predicted molar refractivity (Wildman–Crippen MR) is 72.5 cm³/mol. The molecule has 0 saturated heterocycles. The number of benzene rings is 1. The molecule has 124 valence electrons. The van der Waals surface area contributed by atoms with Gasteiger partial charge in [-0.05, 0) is 12.1 Å². The summed E-state index contributed by atoms with van der Waals surface area (Å²) < 4.78 is 33.5. The van der Waals surface area contributed by atoms with E-state index in [0.29, 0.717) is 0 Å². The van der Waals surface area contributed by atoms with Crippen LogP contribution in [-0.2, 0) is 28.9 Å². The third kappa shape index (κ3) is 11.2. The van der Waals surface area contributed by atoms with Crippen LogP contribution >= 0.6 is 0 Å². The van der Waals surface area contributed by atoms with Gasteiger partial charge in [-0.25, -0.2) is 9.59 Å². The molecule has 0 heterocycles. The fourth-order valence-electron chi connectivity index (χ4n) is 1.27. The van der Waals surface area contributed by atoms with Crippen molar-refractivity contribution in [3.8, 4) is 0 Å². The van der Waals surface area contributed by atoms with Gasteiger partial charge in [0, 0.05) is 11.0 Å². The fraction of sp³-hybridized carbons (Fsp3) is 0.333. The molecule has 0 aliphatic rings. The summed E-state index contributed by atoms with van der Waals surface area (Å²) in [5.41, 5.74) is 0.128. The van der Waals surface area contributed by atoms with E-state index in [1.807, 2.05) is 0 Å². The maximum atomic E-state index is 11.6. The fourth-order valence-corrected chi connectivity index (χ4v) is 1.27. The standard InChI is InChI=1S/C12H14O6.Na.HO3S/c13-5-7-17-11(15)9-3-1-2-4-10(9)12(16)18-8-6-14;;1-4(2)3/h1-4,13-14H,5-8H2;;(H,1,2,3)/q;+1;-1. The number of hydrogen-bond acceptors (Lipinski definition) is 9. The summed E-state index contributed by atoms with van der Waals surface area (Å²) in [4.78, 5) is 23.2. The Morgan fingerprint density at radius 3 is 1.48 bits per heavy atom. The molecule has 1 aromatic rings. The van der Waals surface area contributed by atoms with Crippen LogP contribution in [0.4, 0.5) is 0 Å². The van der Waals surface area contributed by atoms with Crippen LogP contribution in [0.3, 0.4) is 0 Å². The molecule has 0 saturated carbocycles. The monoisotopic (exact) mass is 358 g/mol. The first-order chi connectivity index (χ1) is 10.4. The molecule has 1 rings (SSSR count). The number of aliphatic hydroxyl groups is 2. The number of rotatable bonds is 6. The molecule has 0 aromatic heterocycles. The van der Waals surface area contributed by atoms with E-state index in [9.17, 15) is 9.59 Å². The average molecular weight is 358 g/mol. The van der Waals surface area contributed by atoms with Gasteiger partial charge in [-0.15, -0.1) is 0 Å². The first kappa shape index (κ1) is 24.2. The van der Waals surface area contributed by atoms with E-state index in [1.54, 1.807) is 12.1 Å². The van der Waals surface area contributed by atoms with Crippen molar-refractivity contribution in [3.05, 3.63) is 35.4 Å². The van der Waals surface area contributed by atoms with Crippen LogP contribution in [0.15, 0.2) is 24.3 Å². The Labute approximate surface area is 156 Å². The zero-order valence-corrected chi connectivity index (χ0v) is 15.2. The second-order valence-corrected chi connectivity index (χ2v) is 3.92. The Balaban J connectivity index is 0. The minimum absolute atomic E-state index is 0. The molecule has 9 nitrogen and oxygen atoms in total. The van der Waals surface area contributed by atoms with Crippen molar-refractivity contribution in [1.29, 1.82) is 0 Å². The number of ether oxygens (including phenoxy) is 2. The van der Waals surface area contributed by atoms with Crippen LogP contribution in [-0.4, -0.2) is 53.1 Å². The summed E-state index contributed by atoms with van der Waals surface area (Å²) in [5.74, 6) is -1.42. The van der Waals surface area contributed by atoms with E-state index >= 15 is 0 Å². The third-order valence-electron chi connectivity index (χ3n) is 2.02. The molecule has 0 spiro atoms. The van der Waals surface area contributed by atoms with Gasteiger partial charge in [0.2, 0.25) is 0 Å². The second-order valence-electron chi connectivity index (χ2n) is 3.48. The quantitative estimate of drug-likeness (QED) is 0.157. The van der Waals surface area contributed by atoms with Gasteiger partial charge in [0.25, 0.3) is 0 Å². The van der Waals surface area contributed by atoms with Crippen LogP contribution in [0.5, 0.6) is 0 Å². The predicted octanol–water partition coefficient (Wildman–Crippen LogP) is -3.24. The normalized spacial score (nSPS) is 9.22. The first-order valence-corrected chi connectivity index (χ1v) is 6.90. The van der Waals surface area contributed by atoms with Gasteiger partial charge in [0.1, 0.15) is 13.2 Å². The third-order valence-corrected chi connectivity index (χ3v) is 2.02. The van der Waals surface area contributed by atoms with Gasteiger partial charge in [-0.2, -0.15) is 0 Å². The maximum Gasteiger partial charge on any atom is 1.00 e. The molecular weight excluding hydrogens is 343 g/mol. The number of aliphatic hydroxyl groups excluding tert-OH is 2. The topological polar surface area (TPSA) is 147 Å². The van der Waals surface area contributed by atoms with Gasteiger partial charge in [0.05, 0.1) is 24.3 Å². The molecule has 0 bridgehead atoms. The summed E-state index contributed by atoms with van der Waals surface area (Å²) in [7, 11) is -2.86. The van der Waals surface area contributed by atoms with Gasteiger partial charge >= 0.3 is 41.5 Å². The number of hydrogen-bond donors (Lipinski definition) is 3. The van der Waals surface area contributed by atoms with Gasteiger partial charge in [-0.3, -0.25) is 0 Å². The second kappa shape index (κ2) is 14.6. The van der Waals surface area contributed by atoms with Crippen LogP contribution in [0.2, 0.25) is 0 Å². The van der Waals surface area contributed by atoms with E-state index in [-0.39, 0.29) is 67.1 Å². The molecule has 0 aliphatic heterocycles. The van der Waals surface area contributed by atoms with Crippen LogP contribution < -0.4 is 29.6 Å². The van der Waals surface area contributed by atoms with E-state index in [1.165, 1.54) is 12.1 Å². The molecule has 0 unspecified atom stereocenters. The SMILES string of the molecule is O=C(OCCO)c1ccccc1C(=O)OCCO.O=[S-](=O)O.[Na+]. The summed E-state index contributed by atoms with van der Waals surface area (Å²) in [6.07, 6.45) is 0. The van der Waals surface area contributed by atoms with E-state index in [0.717, 1.165) is 0 Å². The van der Waals surface area contributed by atoms with E-state index in [2.05, 4.69) is 0 Å². The Kier molecular flexibility index (Phi) is 15.4. The smallest absolute Gasteiger partial charge is 0.460 e. The Hall–Kier alpha value is -1.01. The summed E-state index contributed by atoms with van der Waals surface area (Å²) >= 11 is 0. The Morgan fingerprint density at radius 1 is 0.913 bits per heavy atom. The zero-order valence-electron chi connectivity index (χ0n) is 12.3. The van der Waals surface area contributed by atoms with Crippen LogP contribution in [0, 0.1) is 0 Å². The van der Waals surface area contributed by atoms with Gasteiger partial charge in [-0.1, -0.05) is 12.1 Å². The molecule has 0 atom stereocenters. The molecule has 23 heavy (non-hydrogen) atoms. The van der Waals surface area contributed by atoms with Crippen molar-refractivity contribution in [2.45, 2.75) is 0 Å². The molecule has 0 amide bonds. The van der Waals surface area contributed by atoms with Gasteiger partial charge < -0.3 is 32.7 Å².